The number of carbonyl (C=O) groups is 1. The quantitative estimate of drug-likeness (QED) is 0.413. The Morgan fingerprint density at radius 2 is 1.82 bits per heavy atom. The lowest BCUT2D eigenvalue weighted by molar-refractivity contribution is 0.0904. The Balaban J connectivity index is 1.38. The molecule has 2 aliphatic heterocycles. The van der Waals surface area contributed by atoms with Gasteiger partial charge in [-0.3, -0.25) is 4.79 Å². The smallest absolute Gasteiger partial charge is 0.163 e. The van der Waals surface area contributed by atoms with Crippen molar-refractivity contribution < 1.29 is 9.53 Å². The van der Waals surface area contributed by atoms with Gasteiger partial charge in [-0.2, -0.15) is 0 Å². The van der Waals surface area contributed by atoms with E-state index in [1.165, 1.54) is 0 Å². The van der Waals surface area contributed by atoms with Crippen molar-refractivity contribution >= 4 is 23.1 Å². The molecule has 206 valence electrons. The van der Waals surface area contributed by atoms with Crippen molar-refractivity contribution in [1.82, 2.24) is 14.9 Å². The van der Waals surface area contributed by atoms with Gasteiger partial charge in [0.05, 0.1) is 0 Å². The van der Waals surface area contributed by atoms with Crippen LogP contribution in [-0.4, -0.2) is 73.1 Å². The third-order valence-electron chi connectivity index (χ3n) is 7.87. The Kier molecular flexibility index (Phi) is 8.43. The summed E-state index contributed by atoms with van der Waals surface area (Å²) in [4.78, 5) is 27.3. The molecule has 8 heteroatoms. The minimum atomic E-state index is 0.0910. The number of Topliss-reactive ketones (excluding diaryl/α,β-unsaturated/α-hetero) is 1. The molecule has 0 spiro atoms. The zero-order valence-electron chi connectivity index (χ0n) is 23.4. The second kappa shape index (κ2) is 12.1. The van der Waals surface area contributed by atoms with Gasteiger partial charge in [0.1, 0.15) is 11.6 Å². The minimum Gasteiger partial charge on any atom is -0.383 e. The van der Waals surface area contributed by atoms with Gasteiger partial charge in [-0.05, 0) is 93.2 Å². The molecule has 0 bridgehead atoms. The number of nitrogens with zero attached hydrogens (tertiary/aromatic N) is 4. The summed E-state index contributed by atoms with van der Waals surface area (Å²) in [6.07, 6.45) is 4.77. The van der Waals surface area contributed by atoms with Gasteiger partial charge in [-0.15, -0.1) is 0 Å². The van der Waals surface area contributed by atoms with Crippen LogP contribution in [0.15, 0.2) is 42.6 Å². The number of ether oxygens (including phenoxy) is 1. The maximum atomic E-state index is 13.5. The second-order valence-electron chi connectivity index (χ2n) is 10.9. The largest absolute Gasteiger partial charge is 0.383 e. The van der Waals surface area contributed by atoms with E-state index in [4.69, 9.17) is 15.5 Å². The van der Waals surface area contributed by atoms with Crippen LogP contribution in [-0.2, 0) is 11.2 Å². The first-order valence-corrected chi connectivity index (χ1v) is 14.0. The van der Waals surface area contributed by atoms with Crippen LogP contribution in [0.1, 0.15) is 46.4 Å². The van der Waals surface area contributed by atoms with Crippen LogP contribution in [0.25, 0.3) is 11.1 Å². The molecule has 0 atom stereocenters. The highest BCUT2D eigenvalue weighted by Crippen LogP contribution is 2.29. The van der Waals surface area contributed by atoms with Crippen molar-refractivity contribution in [2.75, 3.05) is 62.4 Å². The fourth-order valence-corrected chi connectivity index (χ4v) is 5.50. The summed E-state index contributed by atoms with van der Waals surface area (Å²) in [5.74, 6) is 1.61. The number of carbonyl (C=O) groups excluding carboxylic acids is 1. The lowest BCUT2D eigenvalue weighted by atomic mass is 9.96. The van der Waals surface area contributed by atoms with E-state index in [1.54, 1.807) is 0 Å². The lowest BCUT2D eigenvalue weighted by Crippen LogP contribution is -2.44. The summed E-state index contributed by atoms with van der Waals surface area (Å²) in [5.41, 5.74) is 12.8. The van der Waals surface area contributed by atoms with E-state index >= 15 is 0 Å². The molecule has 4 heterocycles. The number of rotatable bonds is 8. The highest BCUT2D eigenvalue weighted by molar-refractivity contribution is 5.98. The number of hydrogen-bond donors (Lipinski definition) is 2. The van der Waals surface area contributed by atoms with Gasteiger partial charge in [0, 0.05) is 80.6 Å². The van der Waals surface area contributed by atoms with Crippen LogP contribution in [0.3, 0.4) is 0 Å². The van der Waals surface area contributed by atoms with Gasteiger partial charge < -0.3 is 25.6 Å². The number of piperazine rings is 1. The molecule has 0 radical (unpaired) electrons. The third kappa shape index (κ3) is 6.75. The molecule has 39 heavy (non-hydrogen) atoms. The van der Waals surface area contributed by atoms with E-state index in [0.29, 0.717) is 30.3 Å². The van der Waals surface area contributed by atoms with E-state index < -0.39 is 0 Å². The first-order chi connectivity index (χ1) is 18.9. The highest BCUT2D eigenvalue weighted by Gasteiger charge is 2.18. The van der Waals surface area contributed by atoms with Crippen LogP contribution < -0.4 is 16.0 Å². The average molecular weight is 529 g/mol. The van der Waals surface area contributed by atoms with E-state index in [9.17, 15) is 4.79 Å². The van der Waals surface area contributed by atoms with E-state index in [0.717, 1.165) is 91.7 Å². The van der Waals surface area contributed by atoms with Crippen molar-refractivity contribution in [2.24, 2.45) is 0 Å². The number of nitrogens with two attached hydrogens (primary N) is 1. The molecule has 0 unspecified atom stereocenters. The number of pyridine rings is 2. The number of ketones is 1. The standard InChI is InChI=1S/C31H40N6O2/c1-21-16-22(2)34-31(32)28(21)5-6-29(38)25-17-24(18-27(19-25)35-26-8-14-39-15-9-26)23-4-7-30(33-20-23)37-12-10-36(3)11-13-37/h4,7,16-20,26,35H,5-6,8-15H2,1-3H3,(H2,32,34). The molecule has 8 nitrogen and oxygen atoms in total. The van der Waals surface area contributed by atoms with E-state index in [-0.39, 0.29) is 5.78 Å². The normalized spacial score (nSPS) is 16.8. The average Bonchev–Trinajstić information content (AvgIpc) is 2.93. The molecule has 2 aliphatic rings. The van der Waals surface area contributed by atoms with Crippen LogP contribution >= 0.6 is 0 Å². The number of nitrogens with one attached hydrogen (secondary N) is 1. The number of likely N-dealkylation sites (N-methyl/N-ethyl adjacent to an activating group) is 1. The number of hydrogen-bond acceptors (Lipinski definition) is 8. The molecule has 2 aromatic heterocycles. The summed E-state index contributed by atoms with van der Waals surface area (Å²) >= 11 is 0. The predicted molar refractivity (Wildman–Crippen MR) is 158 cm³/mol. The van der Waals surface area contributed by atoms with Gasteiger partial charge in [-0.25, -0.2) is 9.97 Å². The number of nitrogen functional groups attached to an aromatic ring is 1. The van der Waals surface area contributed by atoms with E-state index in [1.807, 2.05) is 38.2 Å². The van der Waals surface area contributed by atoms with Crippen LogP contribution in [0.2, 0.25) is 0 Å². The molecule has 0 amide bonds. The van der Waals surface area contributed by atoms with Crippen molar-refractivity contribution in [3.8, 4) is 11.1 Å². The van der Waals surface area contributed by atoms with Crippen molar-refractivity contribution in [1.29, 1.82) is 0 Å². The van der Waals surface area contributed by atoms with Gasteiger partial charge in [0.15, 0.2) is 5.78 Å². The third-order valence-corrected chi connectivity index (χ3v) is 7.87. The minimum absolute atomic E-state index is 0.0910. The molecule has 1 aromatic carbocycles. The Labute approximate surface area is 231 Å². The summed E-state index contributed by atoms with van der Waals surface area (Å²) in [5, 5.41) is 3.66. The number of aryl methyl sites for hydroxylation is 2. The zero-order chi connectivity index (χ0) is 27.4. The predicted octanol–water partition coefficient (Wildman–Crippen LogP) is 4.50. The van der Waals surface area contributed by atoms with Gasteiger partial charge in [0.25, 0.3) is 0 Å². The molecule has 0 saturated carbocycles. The summed E-state index contributed by atoms with van der Waals surface area (Å²) in [7, 11) is 2.15. The van der Waals surface area contributed by atoms with Crippen molar-refractivity contribution in [3.63, 3.8) is 0 Å². The Bertz CT molecular complexity index is 1270. The molecule has 3 N–H and O–H groups in total. The van der Waals surface area contributed by atoms with Gasteiger partial charge in [0.2, 0.25) is 0 Å². The Morgan fingerprint density at radius 3 is 2.51 bits per heavy atom. The molecular formula is C31H40N6O2. The highest BCUT2D eigenvalue weighted by atomic mass is 16.5. The molecular weight excluding hydrogens is 488 g/mol. The number of anilines is 3. The molecule has 5 rings (SSSR count). The maximum absolute atomic E-state index is 13.5. The maximum Gasteiger partial charge on any atom is 0.163 e. The van der Waals surface area contributed by atoms with Gasteiger partial charge in [-0.1, -0.05) is 0 Å². The summed E-state index contributed by atoms with van der Waals surface area (Å²) in [6, 6.07) is 12.7. The summed E-state index contributed by atoms with van der Waals surface area (Å²) < 4.78 is 5.54. The van der Waals surface area contributed by atoms with Crippen LogP contribution in [0.4, 0.5) is 17.3 Å². The Hall–Kier alpha value is -3.49. The molecule has 0 aliphatic carbocycles. The topological polar surface area (TPSA) is 96.6 Å². The molecule has 2 saturated heterocycles. The monoisotopic (exact) mass is 528 g/mol. The SMILES string of the molecule is Cc1cc(C)c(CCC(=O)c2cc(NC3CCOCC3)cc(-c3ccc(N4CCN(C)CC4)nc3)c2)c(N)n1. The zero-order valence-corrected chi connectivity index (χ0v) is 23.4. The van der Waals surface area contributed by atoms with Crippen molar-refractivity contribution in [3.05, 3.63) is 65.0 Å². The Morgan fingerprint density at radius 1 is 1.05 bits per heavy atom. The summed E-state index contributed by atoms with van der Waals surface area (Å²) in [6.45, 7) is 9.51. The fraction of sp³-hybridized carbons (Fsp3) is 0.452. The van der Waals surface area contributed by atoms with Crippen LogP contribution in [0.5, 0.6) is 0 Å². The molecule has 3 aromatic rings. The lowest BCUT2D eigenvalue weighted by Gasteiger charge is -2.33. The van der Waals surface area contributed by atoms with Gasteiger partial charge >= 0.3 is 0 Å². The number of aromatic nitrogens is 2. The van der Waals surface area contributed by atoms with E-state index in [2.05, 4.69) is 45.3 Å². The van der Waals surface area contributed by atoms with Crippen LogP contribution in [0, 0.1) is 13.8 Å². The first kappa shape index (κ1) is 27.1. The molecule has 2 fully saturated rings. The van der Waals surface area contributed by atoms with Crippen molar-refractivity contribution in [2.45, 2.75) is 45.6 Å². The first-order valence-electron chi connectivity index (χ1n) is 14.0. The fourth-order valence-electron chi connectivity index (χ4n) is 5.50. The number of benzene rings is 1. The second-order valence-corrected chi connectivity index (χ2v) is 10.9.